The molecule has 4 aliphatic rings. The van der Waals surface area contributed by atoms with Gasteiger partial charge in [0.15, 0.2) is 34.5 Å². The molecule has 0 saturated carbocycles. The summed E-state index contributed by atoms with van der Waals surface area (Å²) in [5, 5.41) is 22.1. The smallest absolute Gasteiger partial charge is 0.201 e. The van der Waals surface area contributed by atoms with Crippen LogP contribution >= 0.6 is 0 Å². The maximum Gasteiger partial charge on any atom is 0.201 e. The first kappa shape index (κ1) is 28.4. The average molecular weight is 595 g/mol. The summed E-state index contributed by atoms with van der Waals surface area (Å²) in [6.45, 7) is 1.73. The standard InChI is InChI=1S/C36H38N2O6/c1-37-13-11-23-18-32(41-3)33-19-26(23)28(37)16-22-7-10-30(39)31(17-22)43-24-8-5-21(6-9-24)15-29-27-20-34(44-33)35(40)36(42-4)25(27)12-14-38(29)2/h5-10,17-20,28-29,39-40H,11-16H2,1-4H3/t28-,29+/m0/s1. The second-order valence-electron chi connectivity index (χ2n) is 12.1. The van der Waals surface area contributed by atoms with Gasteiger partial charge in [-0.2, -0.15) is 0 Å². The van der Waals surface area contributed by atoms with Crippen molar-refractivity contribution in [3.8, 4) is 46.0 Å². The maximum absolute atomic E-state index is 11.5. The molecule has 0 radical (unpaired) electrons. The molecule has 8 rings (SSSR count). The molecule has 0 saturated heterocycles. The van der Waals surface area contributed by atoms with E-state index in [1.807, 2.05) is 30.3 Å². The predicted molar refractivity (Wildman–Crippen MR) is 168 cm³/mol. The molecule has 4 aromatic carbocycles. The van der Waals surface area contributed by atoms with Gasteiger partial charge in [-0.05, 0) is 110 Å². The highest BCUT2D eigenvalue weighted by atomic mass is 16.5. The second-order valence-corrected chi connectivity index (χ2v) is 12.1. The Balaban J connectivity index is 1.42. The molecule has 0 aromatic heterocycles. The Morgan fingerprint density at radius 3 is 2.14 bits per heavy atom. The van der Waals surface area contributed by atoms with Crippen LogP contribution in [0.25, 0.3) is 0 Å². The highest BCUT2D eigenvalue weighted by Crippen LogP contribution is 2.50. The molecular weight excluding hydrogens is 556 g/mol. The van der Waals surface area contributed by atoms with Gasteiger partial charge in [-0.15, -0.1) is 0 Å². The molecule has 44 heavy (non-hydrogen) atoms. The van der Waals surface area contributed by atoms with Crippen LogP contribution in [0.5, 0.6) is 46.0 Å². The highest BCUT2D eigenvalue weighted by Gasteiger charge is 2.32. The molecule has 4 aliphatic heterocycles. The molecule has 228 valence electrons. The van der Waals surface area contributed by atoms with Crippen LogP contribution in [-0.4, -0.2) is 61.4 Å². The number of likely N-dealkylation sites (N-methyl/N-ethyl adjacent to an activating group) is 2. The number of nitrogens with zero attached hydrogens (tertiary/aromatic N) is 2. The fourth-order valence-electron chi connectivity index (χ4n) is 6.98. The van der Waals surface area contributed by atoms with Gasteiger partial charge in [0.25, 0.3) is 0 Å². The maximum atomic E-state index is 11.5. The summed E-state index contributed by atoms with van der Waals surface area (Å²) in [6, 6.07) is 19.8. The molecule has 0 spiro atoms. The van der Waals surface area contributed by atoms with Gasteiger partial charge in [-0.25, -0.2) is 0 Å². The van der Waals surface area contributed by atoms with Crippen LogP contribution in [-0.2, 0) is 25.7 Å². The Hall–Kier alpha value is -4.40. The van der Waals surface area contributed by atoms with Crippen LogP contribution in [0.1, 0.15) is 45.5 Å². The van der Waals surface area contributed by atoms with Crippen molar-refractivity contribution in [1.82, 2.24) is 9.80 Å². The SMILES string of the molecule is COc1cc2c3cc1Oc1cc4c(c(OC)c1O)CCN(C)[C@@H]4Cc1ccc(cc1)Oc1cc(ccc1O)C[C@@H]3N(C)CC2. The van der Waals surface area contributed by atoms with E-state index in [-0.39, 0.29) is 23.6 Å². The third-order valence-corrected chi connectivity index (χ3v) is 9.47. The van der Waals surface area contributed by atoms with E-state index < -0.39 is 0 Å². The number of ether oxygens (including phenoxy) is 4. The van der Waals surface area contributed by atoms with Gasteiger partial charge in [0.1, 0.15) is 5.75 Å². The van der Waals surface area contributed by atoms with E-state index in [0.29, 0.717) is 40.9 Å². The molecule has 2 N–H and O–H groups in total. The van der Waals surface area contributed by atoms with Crippen molar-refractivity contribution >= 4 is 0 Å². The van der Waals surface area contributed by atoms with E-state index in [0.717, 1.165) is 60.2 Å². The van der Waals surface area contributed by atoms with Gasteiger partial charge in [0, 0.05) is 30.7 Å². The van der Waals surface area contributed by atoms with Gasteiger partial charge in [0.2, 0.25) is 5.75 Å². The zero-order valence-electron chi connectivity index (χ0n) is 25.6. The third kappa shape index (κ3) is 4.98. The summed E-state index contributed by atoms with van der Waals surface area (Å²) in [4.78, 5) is 4.67. The Bertz CT molecular complexity index is 1720. The molecule has 4 aromatic rings. The lowest BCUT2D eigenvalue weighted by molar-refractivity contribution is 0.224. The van der Waals surface area contributed by atoms with Gasteiger partial charge in [-0.3, -0.25) is 9.80 Å². The van der Waals surface area contributed by atoms with Crippen molar-refractivity contribution in [3.05, 3.63) is 94.0 Å². The van der Waals surface area contributed by atoms with Gasteiger partial charge < -0.3 is 29.2 Å². The molecule has 0 fully saturated rings. The lowest BCUT2D eigenvalue weighted by atomic mass is 9.87. The van der Waals surface area contributed by atoms with E-state index in [4.69, 9.17) is 18.9 Å². The van der Waals surface area contributed by atoms with Crippen LogP contribution in [0.3, 0.4) is 0 Å². The molecule has 2 atom stereocenters. The van der Waals surface area contributed by atoms with Crippen LogP contribution in [0.2, 0.25) is 0 Å². The van der Waals surface area contributed by atoms with Crippen molar-refractivity contribution < 1.29 is 29.2 Å². The fraction of sp³-hybridized carbons (Fsp3) is 0.333. The minimum absolute atomic E-state index is 0.00740. The minimum atomic E-state index is -0.00740. The zero-order chi connectivity index (χ0) is 30.5. The molecule has 0 unspecified atom stereocenters. The number of phenols is 2. The van der Waals surface area contributed by atoms with Gasteiger partial charge in [-0.1, -0.05) is 18.2 Å². The first-order valence-corrected chi connectivity index (χ1v) is 15.1. The van der Waals surface area contributed by atoms with Crippen LogP contribution in [0.15, 0.2) is 60.7 Å². The molecule has 0 aliphatic carbocycles. The van der Waals surface area contributed by atoms with E-state index in [2.05, 4.69) is 48.2 Å². The third-order valence-electron chi connectivity index (χ3n) is 9.47. The Labute approximate surface area is 258 Å². The van der Waals surface area contributed by atoms with Crippen LogP contribution in [0, 0.1) is 0 Å². The second kappa shape index (κ2) is 11.3. The van der Waals surface area contributed by atoms with E-state index in [1.54, 1.807) is 20.3 Å². The Morgan fingerprint density at radius 2 is 1.39 bits per heavy atom. The van der Waals surface area contributed by atoms with E-state index in [1.165, 1.54) is 5.56 Å². The molecule has 8 nitrogen and oxygen atoms in total. The number of phenolic OH excluding ortho intramolecular Hbond substituents is 2. The zero-order valence-corrected chi connectivity index (χ0v) is 25.6. The summed E-state index contributed by atoms with van der Waals surface area (Å²) in [7, 11) is 7.49. The largest absolute Gasteiger partial charge is 0.504 e. The Kier molecular flexibility index (Phi) is 7.26. The van der Waals surface area contributed by atoms with E-state index in [9.17, 15) is 10.2 Å². The molecule has 4 heterocycles. The number of rotatable bonds is 2. The summed E-state index contributed by atoms with van der Waals surface area (Å²) in [6.07, 6.45) is 3.08. The first-order chi connectivity index (χ1) is 21.3. The number of aromatic hydroxyl groups is 2. The normalized spacial score (nSPS) is 19.6. The van der Waals surface area contributed by atoms with Crippen molar-refractivity contribution in [2.45, 2.75) is 37.8 Å². The fourth-order valence-corrected chi connectivity index (χ4v) is 6.98. The average Bonchev–Trinajstić information content (AvgIpc) is 3.02. The number of hydrogen-bond donors (Lipinski definition) is 2. The van der Waals surface area contributed by atoms with E-state index >= 15 is 0 Å². The topological polar surface area (TPSA) is 83.9 Å². The summed E-state index contributed by atoms with van der Waals surface area (Å²) in [5.74, 6) is 3.13. The first-order valence-electron chi connectivity index (χ1n) is 15.1. The summed E-state index contributed by atoms with van der Waals surface area (Å²) in [5.41, 5.74) is 6.59. The van der Waals surface area contributed by atoms with Gasteiger partial charge in [0.05, 0.1) is 14.2 Å². The highest BCUT2D eigenvalue weighted by molar-refractivity contribution is 5.62. The van der Waals surface area contributed by atoms with Crippen molar-refractivity contribution in [2.24, 2.45) is 0 Å². The number of hydrogen-bond acceptors (Lipinski definition) is 8. The van der Waals surface area contributed by atoms with Crippen molar-refractivity contribution in [1.29, 1.82) is 0 Å². The molecule has 8 heteroatoms. The number of benzene rings is 4. The molecule has 8 bridgehead atoms. The lowest BCUT2D eigenvalue weighted by Gasteiger charge is -2.36. The summed E-state index contributed by atoms with van der Waals surface area (Å²) >= 11 is 0. The molecular formula is C36H38N2O6. The van der Waals surface area contributed by atoms with Crippen molar-refractivity contribution in [2.75, 3.05) is 41.4 Å². The van der Waals surface area contributed by atoms with Crippen LogP contribution in [0.4, 0.5) is 0 Å². The molecule has 0 amide bonds. The lowest BCUT2D eigenvalue weighted by Crippen LogP contribution is -2.33. The number of fused-ring (bicyclic) bond motifs is 2. The minimum Gasteiger partial charge on any atom is -0.504 e. The predicted octanol–water partition coefficient (Wildman–Crippen LogP) is 6.56. The van der Waals surface area contributed by atoms with Crippen LogP contribution < -0.4 is 18.9 Å². The van der Waals surface area contributed by atoms with Gasteiger partial charge >= 0.3 is 0 Å². The number of methoxy groups -OCH3 is 2. The quantitative estimate of drug-likeness (QED) is 0.270. The van der Waals surface area contributed by atoms with Crippen molar-refractivity contribution in [3.63, 3.8) is 0 Å². The Morgan fingerprint density at radius 1 is 0.705 bits per heavy atom. The summed E-state index contributed by atoms with van der Waals surface area (Å²) < 4.78 is 24.4. The monoisotopic (exact) mass is 594 g/mol.